The zero-order valence-corrected chi connectivity index (χ0v) is 11.6. The Balaban J connectivity index is 0.000000921. The fourth-order valence-electron chi connectivity index (χ4n) is 1.67. The Bertz CT molecular complexity index is 125. The molecule has 0 saturated carbocycles. The lowest BCUT2D eigenvalue weighted by molar-refractivity contribution is 0.0118. The van der Waals surface area contributed by atoms with Crippen molar-refractivity contribution in [1.29, 1.82) is 0 Å². The molecule has 0 amide bonds. The largest absolute Gasteiger partial charge is 0.378 e. The van der Waals surface area contributed by atoms with Crippen LogP contribution in [0.4, 0.5) is 0 Å². The van der Waals surface area contributed by atoms with Gasteiger partial charge >= 0.3 is 0 Å². The molecular weight excluding hydrogens is 206 g/mol. The lowest BCUT2D eigenvalue weighted by Crippen LogP contribution is -2.36. The first-order valence-corrected chi connectivity index (χ1v) is 7.59. The first-order valence-electron chi connectivity index (χ1n) is 6.19. The van der Waals surface area contributed by atoms with E-state index in [-0.39, 0.29) is 0 Å². The first-order chi connectivity index (χ1) is 7.36. The third-order valence-corrected chi connectivity index (χ3v) is 3.03. The molecule has 0 N–H and O–H groups in total. The highest BCUT2D eigenvalue weighted by Gasteiger charge is 2.18. The minimum absolute atomic E-state index is 0.540. The zero-order valence-electron chi connectivity index (χ0n) is 10.8. The topological polar surface area (TPSA) is 12.5 Å². The van der Waals surface area contributed by atoms with Crippen molar-refractivity contribution >= 4 is 11.8 Å². The van der Waals surface area contributed by atoms with Gasteiger partial charge in [0.05, 0.1) is 6.10 Å². The van der Waals surface area contributed by atoms with Gasteiger partial charge in [0.2, 0.25) is 0 Å². The van der Waals surface area contributed by atoms with Crippen LogP contribution in [0.15, 0.2) is 0 Å². The molecular formula is C12H27NOS. The Morgan fingerprint density at radius 3 is 2.33 bits per heavy atom. The number of rotatable bonds is 5. The SMILES string of the molecule is CC.CCCOC1CCN(CSC)CC1. The highest BCUT2D eigenvalue weighted by Crippen LogP contribution is 2.15. The maximum atomic E-state index is 5.73. The summed E-state index contributed by atoms with van der Waals surface area (Å²) in [6.07, 6.45) is 6.30. The van der Waals surface area contributed by atoms with Gasteiger partial charge in [0.1, 0.15) is 0 Å². The van der Waals surface area contributed by atoms with Crippen LogP contribution in [0, 0.1) is 0 Å². The molecule has 0 aromatic heterocycles. The summed E-state index contributed by atoms with van der Waals surface area (Å²) in [4.78, 5) is 2.51. The van der Waals surface area contributed by atoms with Crippen molar-refractivity contribution in [1.82, 2.24) is 4.90 Å². The second-order valence-electron chi connectivity index (χ2n) is 3.61. The lowest BCUT2D eigenvalue weighted by atomic mass is 10.1. The molecule has 1 aliphatic heterocycles. The fraction of sp³-hybridized carbons (Fsp3) is 1.00. The van der Waals surface area contributed by atoms with Crippen molar-refractivity contribution in [3.8, 4) is 0 Å². The van der Waals surface area contributed by atoms with Gasteiger partial charge < -0.3 is 4.74 Å². The Labute approximate surface area is 99.8 Å². The minimum atomic E-state index is 0.540. The molecule has 3 heteroatoms. The first kappa shape index (κ1) is 15.3. The number of likely N-dealkylation sites (tertiary alicyclic amines) is 1. The summed E-state index contributed by atoms with van der Waals surface area (Å²) in [5, 5.41) is 0. The molecule has 1 fully saturated rings. The van der Waals surface area contributed by atoms with Crippen LogP contribution < -0.4 is 0 Å². The van der Waals surface area contributed by atoms with Gasteiger partial charge in [-0.2, -0.15) is 0 Å². The van der Waals surface area contributed by atoms with E-state index >= 15 is 0 Å². The standard InChI is InChI=1S/C10H21NOS.C2H6/c1-3-8-12-10-4-6-11(7-5-10)9-13-2;1-2/h10H,3-9H2,1-2H3;1-2H3. The number of hydrogen-bond acceptors (Lipinski definition) is 3. The van der Waals surface area contributed by atoms with E-state index in [0.717, 1.165) is 13.0 Å². The Kier molecular flexibility index (Phi) is 11.0. The summed E-state index contributed by atoms with van der Waals surface area (Å²) < 4.78 is 5.73. The predicted octanol–water partition coefficient (Wildman–Crippen LogP) is 3.22. The average Bonchev–Trinajstić information content (AvgIpc) is 2.31. The van der Waals surface area contributed by atoms with Crippen LogP contribution in [-0.2, 0) is 4.74 Å². The smallest absolute Gasteiger partial charge is 0.0599 e. The predicted molar refractivity (Wildman–Crippen MR) is 70.6 cm³/mol. The molecule has 15 heavy (non-hydrogen) atoms. The Morgan fingerprint density at radius 2 is 1.87 bits per heavy atom. The Hall–Kier alpha value is 0.270. The summed E-state index contributed by atoms with van der Waals surface area (Å²) in [7, 11) is 0. The third kappa shape index (κ3) is 7.20. The number of thioether (sulfide) groups is 1. The molecule has 0 spiro atoms. The van der Waals surface area contributed by atoms with Crippen LogP contribution in [0.1, 0.15) is 40.0 Å². The van der Waals surface area contributed by atoms with E-state index in [9.17, 15) is 0 Å². The summed E-state index contributed by atoms with van der Waals surface area (Å²) in [5.74, 6) is 1.18. The van der Waals surface area contributed by atoms with Gasteiger partial charge in [-0.1, -0.05) is 20.8 Å². The quantitative estimate of drug-likeness (QED) is 0.723. The normalized spacial score (nSPS) is 18.4. The van der Waals surface area contributed by atoms with Gasteiger partial charge in [-0.3, -0.25) is 4.90 Å². The molecule has 0 aromatic rings. The van der Waals surface area contributed by atoms with Crippen molar-refractivity contribution in [2.24, 2.45) is 0 Å². The van der Waals surface area contributed by atoms with E-state index in [2.05, 4.69) is 18.1 Å². The summed E-state index contributed by atoms with van der Waals surface area (Å²) >= 11 is 1.91. The van der Waals surface area contributed by atoms with Crippen molar-refractivity contribution in [3.63, 3.8) is 0 Å². The van der Waals surface area contributed by atoms with Crippen LogP contribution in [0.25, 0.3) is 0 Å². The summed E-state index contributed by atoms with van der Waals surface area (Å²) in [6, 6.07) is 0. The fourth-order valence-corrected chi connectivity index (χ4v) is 2.30. The summed E-state index contributed by atoms with van der Waals surface area (Å²) in [5.41, 5.74) is 0. The van der Waals surface area contributed by atoms with E-state index in [1.165, 1.54) is 31.8 Å². The molecule has 1 heterocycles. The molecule has 0 aliphatic carbocycles. The van der Waals surface area contributed by atoms with Crippen LogP contribution >= 0.6 is 11.8 Å². The maximum absolute atomic E-state index is 5.73. The molecule has 0 bridgehead atoms. The molecule has 0 aromatic carbocycles. The van der Waals surface area contributed by atoms with Crippen molar-refractivity contribution in [2.45, 2.75) is 46.1 Å². The number of nitrogens with zero attached hydrogens (tertiary/aromatic N) is 1. The van der Waals surface area contributed by atoms with Crippen LogP contribution in [0.2, 0.25) is 0 Å². The highest BCUT2D eigenvalue weighted by atomic mass is 32.2. The Morgan fingerprint density at radius 1 is 1.27 bits per heavy atom. The minimum Gasteiger partial charge on any atom is -0.378 e. The van der Waals surface area contributed by atoms with Crippen LogP contribution in [0.5, 0.6) is 0 Å². The van der Waals surface area contributed by atoms with Gasteiger partial charge in [0.15, 0.2) is 0 Å². The second kappa shape index (κ2) is 10.8. The zero-order chi connectivity index (χ0) is 11.5. The van der Waals surface area contributed by atoms with E-state index < -0.39 is 0 Å². The third-order valence-electron chi connectivity index (χ3n) is 2.40. The van der Waals surface area contributed by atoms with E-state index in [1.807, 2.05) is 25.6 Å². The van der Waals surface area contributed by atoms with Crippen molar-refractivity contribution < 1.29 is 4.74 Å². The molecule has 0 unspecified atom stereocenters. The van der Waals surface area contributed by atoms with E-state index in [1.54, 1.807) is 0 Å². The van der Waals surface area contributed by atoms with Gasteiger partial charge in [0, 0.05) is 25.6 Å². The molecule has 0 radical (unpaired) electrons. The van der Waals surface area contributed by atoms with Crippen molar-refractivity contribution in [2.75, 3.05) is 31.8 Å². The monoisotopic (exact) mass is 233 g/mol. The molecule has 0 atom stereocenters. The van der Waals surface area contributed by atoms with Gasteiger partial charge in [-0.05, 0) is 25.5 Å². The molecule has 1 saturated heterocycles. The highest BCUT2D eigenvalue weighted by molar-refractivity contribution is 7.98. The number of ether oxygens (including phenoxy) is 1. The molecule has 2 nitrogen and oxygen atoms in total. The second-order valence-corrected chi connectivity index (χ2v) is 4.44. The van der Waals surface area contributed by atoms with E-state index in [0.29, 0.717) is 6.10 Å². The van der Waals surface area contributed by atoms with Crippen LogP contribution in [-0.4, -0.2) is 42.8 Å². The van der Waals surface area contributed by atoms with Gasteiger partial charge in [-0.25, -0.2) is 0 Å². The molecule has 1 rings (SSSR count). The molecule has 1 aliphatic rings. The lowest BCUT2D eigenvalue weighted by Gasteiger charge is -2.31. The molecule has 92 valence electrons. The van der Waals surface area contributed by atoms with Gasteiger partial charge in [-0.15, -0.1) is 11.8 Å². The van der Waals surface area contributed by atoms with Crippen molar-refractivity contribution in [3.05, 3.63) is 0 Å². The number of hydrogen-bond donors (Lipinski definition) is 0. The van der Waals surface area contributed by atoms with E-state index in [4.69, 9.17) is 4.74 Å². The summed E-state index contributed by atoms with van der Waals surface area (Å²) in [6.45, 7) is 9.54. The maximum Gasteiger partial charge on any atom is 0.0599 e. The van der Waals surface area contributed by atoms with Gasteiger partial charge in [0.25, 0.3) is 0 Å². The average molecular weight is 233 g/mol. The number of piperidine rings is 1. The van der Waals surface area contributed by atoms with Crippen LogP contribution in [0.3, 0.4) is 0 Å².